The molecule has 0 aromatic heterocycles. The molecule has 2 aromatic carbocycles. The first kappa shape index (κ1) is 18.6. The van der Waals surface area contributed by atoms with E-state index in [1.54, 1.807) is 30.3 Å². The summed E-state index contributed by atoms with van der Waals surface area (Å²) >= 11 is 0. The van der Waals surface area contributed by atoms with Crippen LogP contribution in [0.15, 0.2) is 59.5 Å². The second kappa shape index (κ2) is 7.91. The predicted molar refractivity (Wildman–Crippen MR) is 92.6 cm³/mol. The molecule has 25 heavy (non-hydrogen) atoms. The summed E-state index contributed by atoms with van der Waals surface area (Å²) in [6.07, 6.45) is 0. The third-order valence-corrected chi connectivity index (χ3v) is 4.93. The highest BCUT2D eigenvalue weighted by Crippen LogP contribution is 2.16. The lowest BCUT2D eigenvalue weighted by Crippen LogP contribution is -2.41. The van der Waals surface area contributed by atoms with E-state index in [0.717, 1.165) is 0 Å². The van der Waals surface area contributed by atoms with Gasteiger partial charge in [-0.3, -0.25) is 4.79 Å². The van der Waals surface area contributed by atoms with Gasteiger partial charge in [-0.2, -0.15) is 4.72 Å². The SMILES string of the molecule is COC(=O)c1ccccc1NC(=O)[C@@H](C)NS(=O)(=O)c1ccccc1. The summed E-state index contributed by atoms with van der Waals surface area (Å²) in [5.41, 5.74) is 0.418. The highest BCUT2D eigenvalue weighted by Gasteiger charge is 2.23. The smallest absolute Gasteiger partial charge is 0.339 e. The molecule has 0 unspecified atom stereocenters. The molecule has 0 heterocycles. The van der Waals surface area contributed by atoms with Crippen molar-refractivity contribution in [2.24, 2.45) is 0 Å². The normalized spacial score (nSPS) is 12.2. The Hall–Kier alpha value is -2.71. The van der Waals surface area contributed by atoms with E-state index in [0.29, 0.717) is 0 Å². The van der Waals surface area contributed by atoms with Crippen LogP contribution in [-0.2, 0) is 19.6 Å². The van der Waals surface area contributed by atoms with Gasteiger partial charge in [-0.25, -0.2) is 13.2 Å². The number of hydrogen-bond donors (Lipinski definition) is 2. The first-order valence-electron chi connectivity index (χ1n) is 7.40. The number of methoxy groups -OCH3 is 1. The van der Waals surface area contributed by atoms with E-state index in [1.165, 1.54) is 38.3 Å². The Morgan fingerprint density at radius 1 is 1.00 bits per heavy atom. The second-order valence-electron chi connectivity index (χ2n) is 5.18. The van der Waals surface area contributed by atoms with E-state index in [4.69, 9.17) is 0 Å². The first-order valence-corrected chi connectivity index (χ1v) is 8.89. The van der Waals surface area contributed by atoms with Gasteiger partial charge in [0.05, 0.1) is 29.3 Å². The number of rotatable bonds is 6. The number of hydrogen-bond acceptors (Lipinski definition) is 5. The van der Waals surface area contributed by atoms with Crippen LogP contribution in [0, 0.1) is 0 Å². The topological polar surface area (TPSA) is 102 Å². The van der Waals surface area contributed by atoms with Crippen LogP contribution in [-0.4, -0.2) is 33.4 Å². The van der Waals surface area contributed by atoms with E-state index in [9.17, 15) is 18.0 Å². The zero-order valence-corrected chi connectivity index (χ0v) is 14.5. The highest BCUT2D eigenvalue weighted by molar-refractivity contribution is 7.89. The summed E-state index contributed by atoms with van der Waals surface area (Å²) < 4.78 is 31.5. The van der Waals surface area contributed by atoms with Crippen molar-refractivity contribution in [1.29, 1.82) is 0 Å². The van der Waals surface area contributed by atoms with Crippen LogP contribution in [0.4, 0.5) is 5.69 Å². The fourth-order valence-electron chi connectivity index (χ4n) is 2.07. The molecule has 0 bridgehead atoms. The fourth-order valence-corrected chi connectivity index (χ4v) is 3.30. The average molecular weight is 362 g/mol. The Morgan fingerprint density at radius 3 is 2.24 bits per heavy atom. The number of carbonyl (C=O) groups excluding carboxylic acids is 2. The maximum Gasteiger partial charge on any atom is 0.339 e. The Morgan fingerprint density at radius 2 is 1.60 bits per heavy atom. The highest BCUT2D eigenvalue weighted by atomic mass is 32.2. The Bertz CT molecular complexity index is 866. The van der Waals surface area contributed by atoms with Crippen molar-refractivity contribution in [2.75, 3.05) is 12.4 Å². The van der Waals surface area contributed by atoms with Gasteiger partial charge in [0, 0.05) is 0 Å². The monoisotopic (exact) mass is 362 g/mol. The van der Waals surface area contributed by atoms with Crippen molar-refractivity contribution in [3.63, 3.8) is 0 Å². The first-order chi connectivity index (χ1) is 11.8. The Kier molecular flexibility index (Phi) is 5.89. The fraction of sp³-hybridized carbons (Fsp3) is 0.176. The van der Waals surface area contributed by atoms with Gasteiger partial charge in [-0.05, 0) is 31.2 Å². The number of ether oxygens (including phenoxy) is 1. The van der Waals surface area contributed by atoms with Gasteiger partial charge in [0.2, 0.25) is 15.9 Å². The molecule has 132 valence electrons. The number of carbonyl (C=O) groups is 2. The van der Waals surface area contributed by atoms with Crippen molar-refractivity contribution in [2.45, 2.75) is 17.9 Å². The van der Waals surface area contributed by atoms with Gasteiger partial charge >= 0.3 is 5.97 Å². The summed E-state index contributed by atoms with van der Waals surface area (Å²) in [5.74, 6) is -1.20. The molecule has 8 heteroatoms. The third kappa shape index (κ3) is 4.65. The van der Waals surface area contributed by atoms with Crippen molar-refractivity contribution in [1.82, 2.24) is 4.72 Å². The molecule has 0 radical (unpaired) electrons. The average Bonchev–Trinajstić information content (AvgIpc) is 2.62. The summed E-state index contributed by atoms with van der Waals surface area (Å²) in [5, 5.41) is 2.53. The van der Waals surface area contributed by atoms with Crippen LogP contribution in [0.1, 0.15) is 17.3 Å². The minimum atomic E-state index is -3.83. The predicted octanol–water partition coefficient (Wildman–Crippen LogP) is 1.78. The molecule has 0 aliphatic rings. The molecule has 0 spiro atoms. The third-order valence-electron chi connectivity index (χ3n) is 3.37. The van der Waals surface area contributed by atoms with Crippen LogP contribution < -0.4 is 10.0 Å². The number of nitrogens with one attached hydrogen (secondary N) is 2. The Labute approximate surface area is 146 Å². The van der Waals surface area contributed by atoms with Gasteiger partial charge in [-0.1, -0.05) is 30.3 Å². The van der Waals surface area contributed by atoms with Crippen molar-refractivity contribution in [3.05, 3.63) is 60.2 Å². The minimum absolute atomic E-state index is 0.0598. The molecular formula is C17H18N2O5S. The molecule has 0 aliphatic carbocycles. The van der Waals surface area contributed by atoms with Crippen molar-refractivity contribution in [3.8, 4) is 0 Å². The number of para-hydroxylation sites is 1. The van der Waals surface area contributed by atoms with Gasteiger partial charge < -0.3 is 10.1 Å². The number of amides is 1. The van der Waals surface area contributed by atoms with E-state index in [2.05, 4.69) is 14.8 Å². The molecule has 0 aliphatic heterocycles. The van der Waals surface area contributed by atoms with Gasteiger partial charge in [0.15, 0.2) is 0 Å². The van der Waals surface area contributed by atoms with Gasteiger partial charge in [-0.15, -0.1) is 0 Å². The van der Waals surface area contributed by atoms with Gasteiger partial charge in [0.1, 0.15) is 0 Å². The molecule has 0 saturated heterocycles. The minimum Gasteiger partial charge on any atom is -0.465 e. The van der Waals surface area contributed by atoms with Crippen LogP contribution in [0.25, 0.3) is 0 Å². The van der Waals surface area contributed by atoms with Crippen LogP contribution in [0.3, 0.4) is 0 Å². The van der Waals surface area contributed by atoms with E-state index < -0.39 is 27.9 Å². The lowest BCUT2D eigenvalue weighted by Gasteiger charge is -2.15. The molecule has 2 rings (SSSR count). The van der Waals surface area contributed by atoms with Crippen molar-refractivity contribution < 1.29 is 22.7 Å². The van der Waals surface area contributed by atoms with Gasteiger partial charge in [0.25, 0.3) is 0 Å². The quantitative estimate of drug-likeness (QED) is 0.763. The summed E-state index contributed by atoms with van der Waals surface area (Å²) in [6.45, 7) is 1.41. The van der Waals surface area contributed by atoms with E-state index in [1.807, 2.05) is 0 Å². The number of benzene rings is 2. The molecule has 0 saturated carbocycles. The zero-order valence-electron chi connectivity index (χ0n) is 13.7. The lowest BCUT2D eigenvalue weighted by molar-refractivity contribution is -0.117. The van der Waals surface area contributed by atoms with E-state index in [-0.39, 0.29) is 16.1 Å². The maximum absolute atomic E-state index is 12.3. The maximum atomic E-state index is 12.3. The molecule has 1 amide bonds. The molecule has 0 fully saturated rings. The molecule has 7 nitrogen and oxygen atoms in total. The Balaban J connectivity index is 2.13. The molecule has 1 atom stereocenters. The number of esters is 1. The summed E-state index contributed by atoms with van der Waals surface area (Å²) in [7, 11) is -2.60. The van der Waals surface area contributed by atoms with Crippen molar-refractivity contribution >= 4 is 27.6 Å². The zero-order chi connectivity index (χ0) is 18.4. The largest absolute Gasteiger partial charge is 0.465 e. The van der Waals surface area contributed by atoms with Crippen LogP contribution in [0.5, 0.6) is 0 Å². The molecular weight excluding hydrogens is 344 g/mol. The summed E-state index contributed by atoms with van der Waals surface area (Å²) in [4.78, 5) is 24.1. The van der Waals surface area contributed by atoms with Crippen LogP contribution >= 0.6 is 0 Å². The number of sulfonamides is 1. The summed E-state index contributed by atoms with van der Waals surface area (Å²) in [6, 6.07) is 13.0. The second-order valence-corrected chi connectivity index (χ2v) is 6.90. The standard InChI is InChI=1S/C17H18N2O5S/c1-12(19-25(22,23)13-8-4-3-5-9-13)16(20)18-15-11-7-6-10-14(15)17(21)24-2/h3-12,19H,1-2H3,(H,18,20)/t12-/m1/s1. The van der Waals surface area contributed by atoms with Crippen LogP contribution in [0.2, 0.25) is 0 Å². The molecule has 2 aromatic rings. The van der Waals surface area contributed by atoms with E-state index >= 15 is 0 Å². The lowest BCUT2D eigenvalue weighted by atomic mass is 10.1. The molecule has 2 N–H and O–H groups in total. The number of anilines is 1.